The maximum atomic E-state index is 13.1. The fourth-order valence-corrected chi connectivity index (χ4v) is 4.25. The molecule has 4 atom stereocenters. The van der Waals surface area contributed by atoms with Crippen molar-refractivity contribution in [2.24, 2.45) is 5.73 Å². The van der Waals surface area contributed by atoms with Crippen molar-refractivity contribution in [1.82, 2.24) is 20.9 Å². The second-order valence-corrected chi connectivity index (χ2v) is 9.68. The summed E-state index contributed by atoms with van der Waals surface area (Å²) in [7, 11) is 0. The molecule has 42 heavy (non-hydrogen) atoms. The number of benzene rings is 2. The molecule has 10 N–H and O–H groups in total. The van der Waals surface area contributed by atoms with Gasteiger partial charge in [-0.3, -0.25) is 19.2 Å². The number of aromatic amines is 1. The van der Waals surface area contributed by atoms with Crippen molar-refractivity contribution in [3.63, 3.8) is 0 Å². The summed E-state index contributed by atoms with van der Waals surface area (Å²) in [6.07, 6.45) is 0.657. The van der Waals surface area contributed by atoms with Crippen LogP contribution in [-0.4, -0.2) is 85.8 Å². The molecule has 0 bridgehead atoms. The summed E-state index contributed by atoms with van der Waals surface area (Å²) >= 11 is 0. The highest BCUT2D eigenvalue weighted by atomic mass is 16.4. The number of hydrogen-bond acceptors (Lipinski definition) is 8. The molecule has 4 unspecified atom stereocenters. The van der Waals surface area contributed by atoms with Crippen molar-refractivity contribution >= 4 is 40.6 Å². The standard InChI is InChI=1S/C28H33N5O9/c29-19(11-15-5-7-17(35)8-6-15)25(38)33-23(14-34)27(40)31-21(9-10-24(36)37)26(39)32-22(28(41)42)12-16-13-30-20-4-2-1-3-18(16)20/h1-8,13,19,21-23,30,34-35H,9-12,14,29H2,(H,31,40)(H,32,39)(H,33,38)(H,36,37)(H,41,42). The highest BCUT2D eigenvalue weighted by Crippen LogP contribution is 2.19. The molecule has 2 aromatic carbocycles. The van der Waals surface area contributed by atoms with Gasteiger partial charge in [0.05, 0.1) is 12.6 Å². The molecule has 224 valence electrons. The van der Waals surface area contributed by atoms with Crippen LogP contribution in [0.1, 0.15) is 24.0 Å². The van der Waals surface area contributed by atoms with Gasteiger partial charge < -0.3 is 47.1 Å². The van der Waals surface area contributed by atoms with Crippen LogP contribution in [0.2, 0.25) is 0 Å². The van der Waals surface area contributed by atoms with Crippen LogP contribution in [0.3, 0.4) is 0 Å². The van der Waals surface area contributed by atoms with Gasteiger partial charge in [-0.05, 0) is 42.2 Å². The fraction of sp³-hybridized carbons (Fsp3) is 0.321. The molecule has 0 fully saturated rings. The van der Waals surface area contributed by atoms with Gasteiger partial charge in [-0.25, -0.2) is 4.79 Å². The lowest BCUT2D eigenvalue weighted by Crippen LogP contribution is -2.58. The number of nitrogens with two attached hydrogens (primary N) is 1. The maximum Gasteiger partial charge on any atom is 0.326 e. The van der Waals surface area contributed by atoms with E-state index in [1.54, 1.807) is 42.6 Å². The minimum absolute atomic E-state index is 0.0305. The molecular formula is C28H33N5O9. The number of hydrogen-bond donors (Lipinski definition) is 9. The maximum absolute atomic E-state index is 13.1. The number of nitrogens with one attached hydrogen (secondary N) is 4. The van der Waals surface area contributed by atoms with Crippen LogP contribution >= 0.6 is 0 Å². The average molecular weight is 584 g/mol. The molecule has 1 aromatic heterocycles. The molecule has 3 amide bonds. The summed E-state index contributed by atoms with van der Waals surface area (Å²) in [5, 5.41) is 45.7. The Morgan fingerprint density at radius 1 is 0.810 bits per heavy atom. The second-order valence-electron chi connectivity index (χ2n) is 9.68. The summed E-state index contributed by atoms with van der Waals surface area (Å²) in [4.78, 5) is 64.8. The number of H-pyrrole nitrogens is 1. The minimum Gasteiger partial charge on any atom is -0.508 e. The Labute approximate surface area is 239 Å². The molecule has 1 heterocycles. The van der Waals surface area contributed by atoms with Crippen LogP contribution in [0.15, 0.2) is 54.7 Å². The number of carbonyl (C=O) groups is 5. The number of aromatic nitrogens is 1. The Balaban J connectivity index is 1.67. The lowest BCUT2D eigenvalue weighted by atomic mass is 10.0. The smallest absolute Gasteiger partial charge is 0.326 e. The molecule has 3 rings (SSSR count). The van der Waals surface area contributed by atoms with Crippen molar-refractivity contribution in [1.29, 1.82) is 0 Å². The third-order valence-corrected chi connectivity index (χ3v) is 6.54. The normalized spacial score (nSPS) is 13.9. The monoisotopic (exact) mass is 583 g/mol. The van der Waals surface area contributed by atoms with Crippen LogP contribution in [0.25, 0.3) is 10.9 Å². The van der Waals surface area contributed by atoms with E-state index in [4.69, 9.17) is 10.8 Å². The Kier molecular flexibility index (Phi) is 11.0. The number of amides is 3. The summed E-state index contributed by atoms with van der Waals surface area (Å²) in [6.45, 7) is -0.866. The molecule has 0 saturated heterocycles. The van der Waals surface area contributed by atoms with Gasteiger partial charge in [0, 0.05) is 29.9 Å². The zero-order valence-corrected chi connectivity index (χ0v) is 22.4. The quantitative estimate of drug-likeness (QED) is 0.110. The molecule has 3 aromatic rings. The largest absolute Gasteiger partial charge is 0.508 e. The van der Waals surface area contributed by atoms with Gasteiger partial charge in [0.1, 0.15) is 23.9 Å². The predicted molar refractivity (Wildman–Crippen MR) is 149 cm³/mol. The summed E-state index contributed by atoms with van der Waals surface area (Å²) in [6, 6.07) is 7.58. The molecule has 0 aliphatic carbocycles. The predicted octanol–water partition coefficient (Wildman–Crippen LogP) is -0.618. The average Bonchev–Trinajstić information content (AvgIpc) is 3.36. The molecule has 0 radical (unpaired) electrons. The molecule has 0 saturated carbocycles. The molecule has 0 spiro atoms. The Hall–Kier alpha value is -4.95. The fourth-order valence-electron chi connectivity index (χ4n) is 4.25. The highest BCUT2D eigenvalue weighted by Gasteiger charge is 2.31. The van der Waals surface area contributed by atoms with E-state index in [2.05, 4.69) is 20.9 Å². The third-order valence-electron chi connectivity index (χ3n) is 6.54. The molecule has 14 nitrogen and oxygen atoms in total. The van der Waals surface area contributed by atoms with Crippen LogP contribution in [0.4, 0.5) is 0 Å². The molecular weight excluding hydrogens is 550 g/mol. The van der Waals surface area contributed by atoms with Crippen molar-refractivity contribution in [2.45, 2.75) is 49.9 Å². The zero-order chi connectivity index (χ0) is 30.8. The van der Waals surface area contributed by atoms with Crippen LogP contribution in [0.5, 0.6) is 5.75 Å². The number of aromatic hydroxyl groups is 1. The lowest BCUT2D eigenvalue weighted by molar-refractivity contribution is -0.143. The topological polar surface area (TPSA) is 244 Å². The van der Waals surface area contributed by atoms with E-state index in [9.17, 15) is 39.3 Å². The number of aliphatic hydroxyl groups is 1. The van der Waals surface area contributed by atoms with Crippen molar-refractivity contribution < 1.29 is 44.4 Å². The van der Waals surface area contributed by atoms with E-state index in [1.807, 2.05) is 0 Å². The van der Waals surface area contributed by atoms with E-state index in [1.165, 1.54) is 12.1 Å². The van der Waals surface area contributed by atoms with Gasteiger partial charge in [0.2, 0.25) is 17.7 Å². The molecule has 14 heteroatoms. The lowest BCUT2D eigenvalue weighted by Gasteiger charge is -2.24. The van der Waals surface area contributed by atoms with Gasteiger partial charge in [-0.2, -0.15) is 0 Å². The van der Waals surface area contributed by atoms with Crippen molar-refractivity contribution in [2.75, 3.05) is 6.61 Å². The number of fused-ring (bicyclic) bond motifs is 1. The van der Waals surface area contributed by atoms with E-state index in [0.29, 0.717) is 11.1 Å². The van der Waals surface area contributed by atoms with E-state index < -0.39 is 73.3 Å². The first-order chi connectivity index (χ1) is 20.0. The van der Waals surface area contributed by atoms with Gasteiger partial charge in [-0.1, -0.05) is 30.3 Å². The number of phenolic OH excluding ortho intramolecular Hbond substituents is 1. The summed E-state index contributed by atoms with van der Waals surface area (Å²) in [5.74, 6) is -5.32. The SMILES string of the molecule is NC(Cc1ccc(O)cc1)C(=O)NC(CO)C(=O)NC(CCC(=O)O)C(=O)NC(Cc1c[nH]c2ccccc12)C(=O)O. The number of para-hydroxylation sites is 1. The Morgan fingerprint density at radius 3 is 2.07 bits per heavy atom. The Bertz CT molecular complexity index is 1420. The highest BCUT2D eigenvalue weighted by molar-refractivity contribution is 5.94. The number of carboxylic acid groups (broad SMARTS) is 2. The van der Waals surface area contributed by atoms with Gasteiger partial charge >= 0.3 is 11.9 Å². The van der Waals surface area contributed by atoms with Crippen LogP contribution < -0.4 is 21.7 Å². The van der Waals surface area contributed by atoms with Crippen molar-refractivity contribution in [3.05, 3.63) is 65.9 Å². The molecule has 0 aliphatic heterocycles. The number of aliphatic hydroxyl groups excluding tert-OH is 1. The van der Waals surface area contributed by atoms with E-state index in [0.717, 1.165) is 10.9 Å². The number of phenols is 1. The van der Waals surface area contributed by atoms with Crippen LogP contribution in [0, 0.1) is 0 Å². The number of rotatable bonds is 15. The third kappa shape index (κ3) is 8.78. The summed E-state index contributed by atoms with van der Waals surface area (Å²) < 4.78 is 0. The number of aliphatic carboxylic acids is 2. The summed E-state index contributed by atoms with van der Waals surface area (Å²) in [5.41, 5.74) is 7.94. The first-order valence-electron chi connectivity index (χ1n) is 13.0. The number of carbonyl (C=O) groups excluding carboxylic acids is 3. The van der Waals surface area contributed by atoms with E-state index in [-0.39, 0.29) is 18.6 Å². The first kappa shape index (κ1) is 31.6. The number of carboxylic acids is 2. The Morgan fingerprint density at radius 2 is 1.43 bits per heavy atom. The van der Waals surface area contributed by atoms with Gasteiger partial charge in [0.15, 0.2) is 0 Å². The minimum atomic E-state index is -1.54. The second kappa shape index (κ2) is 14.6. The van der Waals surface area contributed by atoms with Crippen LogP contribution in [-0.2, 0) is 36.8 Å². The van der Waals surface area contributed by atoms with Crippen molar-refractivity contribution in [3.8, 4) is 5.75 Å². The van der Waals surface area contributed by atoms with Gasteiger partial charge in [0.25, 0.3) is 0 Å². The first-order valence-corrected chi connectivity index (χ1v) is 13.0. The molecule has 0 aliphatic rings. The zero-order valence-electron chi connectivity index (χ0n) is 22.4. The van der Waals surface area contributed by atoms with E-state index >= 15 is 0 Å². The van der Waals surface area contributed by atoms with Gasteiger partial charge in [-0.15, -0.1) is 0 Å².